The highest BCUT2D eigenvalue weighted by molar-refractivity contribution is 4.87. The van der Waals surface area contributed by atoms with Gasteiger partial charge in [0, 0.05) is 19.2 Å². The van der Waals surface area contributed by atoms with Crippen LogP contribution in [0.15, 0.2) is 0 Å². The molecule has 1 aliphatic rings. The topological polar surface area (TPSA) is 41.5 Å². The smallest absolute Gasteiger partial charge is 0.0601 e. The van der Waals surface area contributed by atoms with Gasteiger partial charge in [-0.1, -0.05) is 0 Å². The standard InChI is InChI=1S/C10H21NO2/c1-7(4-8(2)12)11-9-5-10(6-9)13-3/h7-12H,4-6H2,1-3H3. The van der Waals surface area contributed by atoms with Crippen LogP contribution in [0.4, 0.5) is 0 Å². The molecule has 3 heteroatoms. The number of ether oxygens (including phenoxy) is 1. The largest absolute Gasteiger partial charge is 0.393 e. The molecule has 0 amide bonds. The summed E-state index contributed by atoms with van der Waals surface area (Å²) >= 11 is 0. The van der Waals surface area contributed by atoms with Gasteiger partial charge in [0.2, 0.25) is 0 Å². The number of rotatable bonds is 5. The van der Waals surface area contributed by atoms with Gasteiger partial charge in [0.1, 0.15) is 0 Å². The van der Waals surface area contributed by atoms with Gasteiger partial charge in [0.05, 0.1) is 12.2 Å². The van der Waals surface area contributed by atoms with Gasteiger partial charge in [-0.2, -0.15) is 0 Å². The molecule has 0 aromatic heterocycles. The van der Waals surface area contributed by atoms with Crippen LogP contribution in [0.3, 0.4) is 0 Å². The third kappa shape index (κ3) is 3.63. The number of methoxy groups -OCH3 is 1. The van der Waals surface area contributed by atoms with Crippen molar-refractivity contribution < 1.29 is 9.84 Å². The second-order valence-corrected chi connectivity index (χ2v) is 4.18. The molecule has 0 aliphatic heterocycles. The predicted octanol–water partition coefficient (Wildman–Crippen LogP) is 0.913. The quantitative estimate of drug-likeness (QED) is 0.672. The van der Waals surface area contributed by atoms with E-state index in [1.807, 2.05) is 6.92 Å². The Balaban J connectivity index is 2.06. The maximum Gasteiger partial charge on any atom is 0.0601 e. The van der Waals surface area contributed by atoms with Gasteiger partial charge in [-0.25, -0.2) is 0 Å². The molecule has 3 nitrogen and oxygen atoms in total. The molecule has 2 unspecified atom stereocenters. The first-order valence-corrected chi connectivity index (χ1v) is 5.08. The molecular weight excluding hydrogens is 166 g/mol. The highest BCUT2D eigenvalue weighted by atomic mass is 16.5. The lowest BCUT2D eigenvalue weighted by molar-refractivity contribution is 0.0131. The first-order valence-electron chi connectivity index (χ1n) is 5.08. The maximum atomic E-state index is 9.16. The van der Waals surface area contributed by atoms with Crippen LogP contribution in [0.2, 0.25) is 0 Å². The molecule has 0 spiro atoms. The highest BCUT2D eigenvalue weighted by Gasteiger charge is 2.29. The Labute approximate surface area is 80.5 Å². The summed E-state index contributed by atoms with van der Waals surface area (Å²) in [7, 11) is 1.76. The minimum atomic E-state index is -0.208. The summed E-state index contributed by atoms with van der Waals surface area (Å²) in [5.41, 5.74) is 0. The van der Waals surface area contributed by atoms with E-state index in [0.717, 1.165) is 19.3 Å². The fraction of sp³-hybridized carbons (Fsp3) is 1.00. The fourth-order valence-corrected chi connectivity index (χ4v) is 1.88. The second kappa shape index (κ2) is 4.94. The Kier molecular flexibility index (Phi) is 4.16. The fourth-order valence-electron chi connectivity index (χ4n) is 1.88. The molecule has 1 rings (SSSR count). The van der Waals surface area contributed by atoms with Gasteiger partial charge < -0.3 is 15.2 Å². The van der Waals surface area contributed by atoms with Crippen molar-refractivity contribution >= 4 is 0 Å². The predicted molar refractivity (Wildman–Crippen MR) is 52.7 cm³/mol. The van der Waals surface area contributed by atoms with Crippen molar-refractivity contribution in [3.8, 4) is 0 Å². The number of hydrogen-bond donors (Lipinski definition) is 2. The molecule has 78 valence electrons. The van der Waals surface area contributed by atoms with E-state index in [2.05, 4.69) is 12.2 Å². The molecule has 0 radical (unpaired) electrons. The van der Waals surface area contributed by atoms with E-state index < -0.39 is 0 Å². The van der Waals surface area contributed by atoms with E-state index in [-0.39, 0.29) is 6.10 Å². The minimum Gasteiger partial charge on any atom is -0.393 e. The van der Waals surface area contributed by atoms with Crippen molar-refractivity contribution in [1.29, 1.82) is 0 Å². The summed E-state index contributed by atoms with van der Waals surface area (Å²) in [6, 6.07) is 1.00. The number of hydrogen-bond acceptors (Lipinski definition) is 3. The van der Waals surface area contributed by atoms with Crippen molar-refractivity contribution in [2.75, 3.05) is 7.11 Å². The molecule has 1 fully saturated rings. The van der Waals surface area contributed by atoms with Crippen molar-refractivity contribution in [2.45, 2.75) is 57.4 Å². The Morgan fingerprint density at radius 1 is 1.46 bits per heavy atom. The van der Waals surface area contributed by atoms with Gasteiger partial charge in [0.25, 0.3) is 0 Å². The lowest BCUT2D eigenvalue weighted by atomic mass is 9.88. The molecule has 2 N–H and O–H groups in total. The van der Waals surface area contributed by atoms with Crippen molar-refractivity contribution in [3.63, 3.8) is 0 Å². The third-order valence-corrected chi connectivity index (χ3v) is 2.64. The SMILES string of the molecule is COC1CC(NC(C)CC(C)O)C1. The molecule has 0 aromatic rings. The first-order chi connectivity index (χ1) is 6.11. The normalized spacial score (nSPS) is 32.3. The van der Waals surface area contributed by atoms with Crippen LogP contribution >= 0.6 is 0 Å². The third-order valence-electron chi connectivity index (χ3n) is 2.64. The van der Waals surface area contributed by atoms with Crippen LogP contribution < -0.4 is 5.32 Å². The van der Waals surface area contributed by atoms with Gasteiger partial charge >= 0.3 is 0 Å². The molecule has 0 saturated heterocycles. The van der Waals surface area contributed by atoms with E-state index in [1.54, 1.807) is 7.11 Å². The van der Waals surface area contributed by atoms with E-state index in [1.165, 1.54) is 0 Å². The summed E-state index contributed by atoms with van der Waals surface area (Å²) in [5, 5.41) is 12.6. The van der Waals surface area contributed by atoms with E-state index in [0.29, 0.717) is 18.2 Å². The summed E-state index contributed by atoms with van der Waals surface area (Å²) in [6.07, 6.45) is 3.30. The van der Waals surface area contributed by atoms with Gasteiger partial charge in [-0.15, -0.1) is 0 Å². The van der Waals surface area contributed by atoms with E-state index >= 15 is 0 Å². The average Bonchev–Trinajstić information content (AvgIpc) is 1.94. The summed E-state index contributed by atoms with van der Waals surface area (Å²) in [4.78, 5) is 0. The van der Waals surface area contributed by atoms with Gasteiger partial charge in [-0.05, 0) is 33.1 Å². The van der Waals surface area contributed by atoms with Crippen molar-refractivity contribution in [2.24, 2.45) is 0 Å². The summed E-state index contributed by atoms with van der Waals surface area (Å²) < 4.78 is 5.19. The number of aliphatic hydroxyl groups is 1. The van der Waals surface area contributed by atoms with E-state index in [9.17, 15) is 0 Å². The Hall–Kier alpha value is -0.120. The molecular formula is C10H21NO2. The zero-order valence-corrected chi connectivity index (χ0v) is 8.79. The molecule has 1 saturated carbocycles. The van der Waals surface area contributed by atoms with Crippen LogP contribution in [0.25, 0.3) is 0 Å². The van der Waals surface area contributed by atoms with Gasteiger partial charge in [0.15, 0.2) is 0 Å². The molecule has 0 bridgehead atoms. The maximum absolute atomic E-state index is 9.16. The monoisotopic (exact) mass is 187 g/mol. The molecule has 2 atom stereocenters. The van der Waals surface area contributed by atoms with Crippen molar-refractivity contribution in [3.05, 3.63) is 0 Å². The van der Waals surface area contributed by atoms with Gasteiger partial charge in [-0.3, -0.25) is 0 Å². The Morgan fingerprint density at radius 3 is 2.54 bits per heavy atom. The second-order valence-electron chi connectivity index (χ2n) is 4.18. The highest BCUT2D eigenvalue weighted by Crippen LogP contribution is 2.23. The summed E-state index contributed by atoms with van der Waals surface area (Å²) in [6.45, 7) is 3.95. The first kappa shape index (κ1) is 11.0. The lowest BCUT2D eigenvalue weighted by Crippen LogP contribution is -2.48. The zero-order chi connectivity index (χ0) is 9.84. The number of aliphatic hydroxyl groups excluding tert-OH is 1. The Bertz CT molecular complexity index is 144. The average molecular weight is 187 g/mol. The van der Waals surface area contributed by atoms with Crippen LogP contribution in [0.1, 0.15) is 33.1 Å². The van der Waals surface area contributed by atoms with Crippen LogP contribution in [-0.2, 0) is 4.74 Å². The van der Waals surface area contributed by atoms with Crippen molar-refractivity contribution in [1.82, 2.24) is 5.32 Å². The minimum absolute atomic E-state index is 0.208. The summed E-state index contributed by atoms with van der Waals surface area (Å²) in [5.74, 6) is 0. The number of nitrogens with one attached hydrogen (secondary N) is 1. The van der Waals surface area contributed by atoms with Crippen LogP contribution in [0.5, 0.6) is 0 Å². The molecule has 1 aliphatic carbocycles. The Morgan fingerprint density at radius 2 is 2.08 bits per heavy atom. The lowest BCUT2D eigenvalue weighted by Gasteiger charge is -2.36. The van der Waals surface area contributed by atoms with E-state index in [4.69, 9.17) is 9.84 Å². The van der Waals surface area contributed by atoms with Crippen LogP contribution in [-0.4, -0.2) is 36.5 Å². The molecule has 0 aromatic carbocycles. The molecule has 0 heterocycles. The zero-order valence-electron chi connectivity index (χ0n) is 8.79. The van der Waals surface area contributed by atoms with Crippen LogP contribution in [0, 0.1) is 0 Å². The molecule has 13 heavy (non-hydrogen) atoms.